The smallest absolute Gasteiger partial charge is 0.308 e. The van der Waals surface area contributed by atoms with Crippen LogP contribution >= 0.6 is 0 Å². The Kier molecular flexibility index (Phi) is 11.9. The van der Waals surface area contributed by atoms with E-state index < -0.39 is 24.0 Å². The summed E-state index contributed by atoms with van der Waals surface area (Å²) in [6, 6.07) is 20.7. The van der Waals surface area contributed by atoms with E-state index >= 15 is 0 Å². The van der Waals surface area contributed by atoms with Gasteiger partial charge in [-0.25, -0.2) is 4.39 Å². The van der Waals surface area contributed by atoms with Gasteiger partial charge in [-0.1, -0.05) is 54.6 Å². The van der Waals surface area contributed by atoms with Gasteiger partial charge >= 0.3 is 5.97 Å². The van der Waals surface area contributed by atoms with E-state index in [1.54, 1.807) is 44.6 Å². The molecule has 1 heterocycles. The first-order chi connectivity index (χ1) is 22.6. The molecule has 3 aromatic carbocycles. The molecule has 3 N–H and O–H groups in total. The largest absolute Gasteiger partial charge is 0.493 e. The Morgan fingerprint density at radius 1 is 0.894 bits per heavy atom. The number of carbonyl (C=O) groups excluding carboxylic acids is 2. The summed E-state index contributed by atoms with van der Waals surface area (Å²) >= 11 is 0. The first-order valence-corrected chi connectivity index (χ1v) is 15.3. The monoisotopic (exact) mass is 644 g/mol. The van der Waals surface area contributed by atoms with Crippen LogP contribution in [0.2, 0.25) is 0 Å². The number of benzene rings is 3. The number of methoxy groups -OCH3 is 3. The molecule has 1 aromatic heterocycles. The summed E-state index contributed by atoms with van der Waals surface area (Å²) in [5.74, 6) is -0.223. The van der Waals surface area contributed by atoms with Crippen LogP contribution in [0.5, 0.6) is 11.5 Å². The van der Waals surface area contributed by atoms with E-state index in [4.69, 9.17) is 9.47 Å². The van der Waals surface area contributed by atoms with E-state index in [1.807, 2.05) is 54.8 Å². The van der Waals surface area contributed by atoms with E-state index in [-0.39, 0.29) is 31.3 Å². The zero-order valence-electron chi connectivity index (χ0n) is 27.2. The highest BCUT2D eigenvalue weighted by Crippen LogP contribution is 2.42. The second kappa shape index (κ2) is 16.1. The van der Waals surface area contributed by atoms with Gasteiger partial charge in [-0.2, -0.15) is 0 Å². The average molecular weight is 645 g/mol. The van der Waals surface area contributed by atoms with Crippen molar-refractivity contribution < 1.29 is 38.4 Å². The van der Waals surface area contributed by atoms with Crippen LogP contribution in [0.4, 0.5) is 4.39 Å². The number of amides is 1. The number of aromatic nitrogens is 1. The highest BCUT2D eigenvalue weighted by molar-refractivity contribution is 6.06. The Labute approximate surface area is 274 Å². The number of hydrogen-bond acceptors (Lipinski definition) is 7. The van der Waals surface area contributed by atoms with E-state index in [2.05, 4.69) is 10.1 Å². The van der Waals surface area contributed by atoms with Gasteiger partial charge in [-0.15, -0.1) is 0 Å². The lowest BCUT2D eigenvalue weighted by molar-refractivity contribution is -0.143. The number of halogens is 1. The van der Waals surface area contributed by atoms with Gasteiger partial charge in [0, 0.05) is 35.8 Å². The molecule has 0 spiro atoms. The molecule has 0 aliphatic rings. The van der Waals surface area contributed by atoms with E-state index in [0.29, 0.717) is 39.6 Å². The SMILES string of the molecule is COC(=O)C[C@H](O)C[C@H](O)/C=C/c1c(-c2ccc(F)cc2)c(-c2ccccc2)c(C(=O)NCc2ccc(OC)c(OC)c2)n1C(C)C. The van der Waals surface area contributed by atoms with Crippen molar-refractivity contribution in [1.82, 2.24) is 9.88 Å². The van der Waals surface area contributed by atoms with Gasteiger partial charge in [0.25, 0.3) is 5.91 Å². The predicted octanol–water partition coefficient (Wildman–Crippen LogP) is 6.18. The number of rotatable bonds is 14. The molecule has 0 saturated carbocycles. The van der Waals surface area contributed by atoms with Crippen molar-refractivity contribution in [3.8, 4) is 33.8 Å². The number of nitrogens with one attached hydrogen (secondary N) is 1. The summed E-state index contributed by atoms with van der Waals surface area (Å²) in [7, 11) is 4.33. The maximum atomic E-state index is 14.3. The number of nitrogens with zero attached hydrogens (tertiary/aromatic N) is 1. The number of aliphatic hydroxyl groups excluding tert-OH is 2. The third-order valence-corrected chi connectivity index (χ3v) is 7.69. The van der Waals surface area contributed by atoms with Crippen LogP contribution in [-0.2, 0) is 16.1 Å². The van der Waals surface area contributed by atoms with Gasteiger partial charge in [-0.3, -0.25) is 9.59 Å². The fourth-order valence-corrected chi connectivity index (χ4v) is 5.50. The Hall–Kier alpha value is -4.93. The summed E-state index contributed by atoms with van der Waals surface area (Å²) in [6.07, 6.45) is 0.618. The van der Waals surface area contributed by atoms with Gasteiger partial charge in [-0.05, 0) is 60.9 Å². The minimum atomic E-state index is -1.12. The Bertz CT molecular complexity index is 1700. The summed E-state index contributed by atoms with van der Waals surface area (Å²) in [4.78, 5) is 25.9. The minimum absolute atomic E-state index is 0.107. The van der Waals surface area contributed by atoms with Crippen LogP contribution in [0.1, 0.15) is 54.5 Å². The molecule has 10 heteroatoms. The second-order valence-corrected chi connectivity index (χ2v) is 11.3. The molecule has 248 valence electrons. The number of carbonyl (C=O) groups is 2. The fraction of sp³-hybridized carbons (Fsp3) is 0.297. The van der Waals surface area contributed by atoms with Crippen molar-refractivity contribution >= 4 is 18.0 Å². The van der Waals surface area contributed by atoms with Crippen LogP contribution in [0.15, 0.2) is 78.9 Å². The molecule has 1 amide bonds. The molecule has 4 rings (SSSR count). The highest BCUT2D eigenvalue weighted by atomic mass is 19.1. The third-order valence-electron chi connectivity index (χ3n) is 7.69. The van der Waals surface area contributed by atoms with E-state index in [9.17, 15) is 24.2 Å². The second-order valence-electron chi connectivity index (χ2n) is 11.3. The van der Waals surface area contributed by atoms with Crippen molar-refractivity contribution in [3.05, 3.63) is 102 Å². The molecule has 0 saturated heterocycles. The molecule has 2 atom stereocenters. The number of aliphatic hydroxyl groups is 2. The normalized spacial score (nSPS) is 12.6. The Morgan fingerprint density at radius 2 is 1.55 bits per heavy atom. The van der Waals surface area contributed by atoms with Crippen molar-refractivity contribution in [2.45, 2.75) is 51.5 Å². The number of hydrogen-bond donors (Lipinski definition) is 3. The topological polar surface area (TPSA) is 119 Å². The van der Waals surface area contributed by atoms with E-state index in [0.717, 1.165) is 11.1 Å². The molecule has 0 fully saturated rings. The van der Waals surface area contributed by atoms with Gasteiger partial charge in [0.2, 0.25) is 0 Å². The Balaban J connectivity index is 1.87. The summed E-state index contributed by atoms with van der Waals surface area (Å²) in [5, 5.41) is 24.2. The van der Waals surface area contributed by atoms with Crippen LogP contribution in [0, 0.1) is 5.82 Å². The quantitative estimate of drug-likeness (QED) is 0.140. The maximum Gasteiger partial charge on any atom is 0.308 e. The van der Waals surface area contributed by atoms with Gasteiger partial charge in [0.15, 0.2) is 11.5 Å². The van der Waals surface area contributed by atoms with Crippen molar-refractivity contribution in [3.63, 3.8) is 0 Å². The molecule has 0 aliphatic heterocycles. The zero-order chi connectivity index (χ0) is 34.1. The molecule has 0 bridgehead atoms. The molecule has 47 heavy (non-hydrogen) atoms. The lowest BCUT2D eigenvalue weighted by Gasteiger charge is -2.18. The molecular weight excluding hydrogens is 603 g/mol. The molecule has 0 unspecified atom stereocenters. The highest BCUT2D eigenvalue weighted by Gasteiger charge is 2.29. The van der Waals surface area contributed by atoms with E-state index in [1.165, 1.54) is 25.3 Å². The van der Waals surface area contributed by atoms with Gasteiger partial charge < -0.3 is 34.3 Å². The third kappa shape index (κ3) is 8.46. The lowest BCUT2D eigenvalue weighted by atomic mass is 9.94. The van der Waals surface area contributed by atoms with Crippen molar-refractivity contribution in [2.24, 2.45) is 0 Å². The van der Waals surface area contributed by atoms with Gasteiger partial charge in [0.1, 0.15) is 11.5 Å². The zero-order valence-corrected chi connectivity index (χ0v) is 27.2. The number of esters is 1. The average Bonchev–Trinajstić information content (AvgIpc) is 3.42. The van der Waals surface area contributed by atoms with Gasteiger partial charge in [0.05, 0.1) is 40.0 Å². The first-order valence-electron chi connectivity index (χ1n) is 15.3. The fourth-order valence-electron chi connectivity index (χ4n) is 5.50. The van der Waals surface area contributed by atoms with Crippen LogP contribution in [0.25, 0.3) is 28.3 Å². The minimum Gasteiger partial charge on any atom is -0.493 e. The Morgan fingerprint density at radius 3 is 2.17 bits per heavy atom. The predicted molar refractivity (Wildman–Crippen MR) is 179 cm³/mol. The lowest BCUT2D eigenvalue weighted by Crippen LogP contribution is -2.27. The molecule has 9 nitrogen and oxygen atoms in total. The molecule has 0 aliphatic carbocycles. The molecular formula is C37H41FN2O7. The summed E-state index contributed by atoms with van der Waals surface area (Å²) < 4.78 is 31.4. The maximum absolute atomic E-state index is 14.3. The van der Waals surface area contributed by atoms with Crippen LogP contribution < -0.4 is 14.8 Å². The standard InChI is InChI=1S/C37H41FN2O7/c1-23(2)40-30(17-16-28(41)20-29(42)21-33(43)47-5)34(26-12-14-27(38)15-13-26)35(25-9-7-6-8-10-25)36(40)37(44)39-22-24-11-18-31(45-3)32(19-24)46-4/h6-19,23,28-29,41-42H,20-22H2,1-5H3,(H,39,44)/b17-16+/t28-,29-/m1/s1. The summed E-state index contributed by atoms with van der Waals surface area (Å²) in [6.45, 7) is 4.09. The van der Waals surface area contributed by atoms with Crippen LogP contribution in [-0.4, -0.2) is 60.2 Å². The molecule has 0 radical (unpaired) electrons. The number of ether oxygens (including phenoxy) is 3. The van der Waals surface area contributed by atoms with Crippen molar-refractivity contribution in [1.29, 1.82) is 0 Å². The summed E-state index contributed by atoms with van der Waals surface area (Å²) in [5.41, 5.74) is 4.52. The van der Waals surface area contributed by atoms with Crippen molar-refractivity contribution in [2.75, 3.05) is 21.3 Å². The molecule has 4 aromatic rings. The van der Waals surface area contributed by atoms with Crippen LogP contribution in [0.3, 0.4) is 0 Å². The first kappa shape index (κ1) is 34.9.